The summed E-state index contributed by atoms with van der Waals surface area (Å²) in [5, 5.41) is 14.0. The number of nitrogens with zero attached hydrogens (tertiary/aromatic N) is 6. The summed E-state index contributed by atoms with van der Waals surface area (Å²) in [6, 6.07) is 3.29. The Morgan fingerprint density at radius 3 is 2.37 bits per heavy atom. The number of piperazine rings is 2. The van der Waals surface area contributed by atoms with Gasteiger partial charge in [-0.05, 0) is 38.1 Å². The molecule has 1 saturated carbocycles. The van der Waals surface area contributed by atoms with Gasteiger partial charge in [-0.25, -0.2) is 0 Å². The Kier molecular flexibility index (Phi) is 8.60. The van der Waals surface area contributed by atoms with Crippen LogP contribution in [0.2, 0.25) is 0 Å². The maximum Gasteiger partial charge on any atom is 0.573 e. The van der Waals surface area contributed by atoms with Crippen LogP contribution in [0.4, 0.5) is 29.1 Å². The molecular formula is C25H31F3N8O4S. The molecule has 3 amide bonds. The predicted molar refractivity (Wildman–Crippen MR) is 145 cm³/mol. The number of nitrogens with one attached hydrogen (secondary N) is 2. The molecule has 0 radical (unpaired) electrons. The molecule has 1 aromatic heterocycles. The molecule has 2 saturated heterocycles. The van der Waals surface area contributed by atoms with Crippen molar-refractivity contribution >= 4 is 45.0 Å². The third kappa shape index (κ3) is 7.83. The van der Waals surface area contributed by atoms with Crippen LogP contribution in [0.5, 0.6) is 5.75 Å². The molecule has 41 heavy (non-hydrogen) atoms. The fourth-order valence-electron chi connectivity index (χ4n) is 4.65. The molecule has 1 aromatic carbocycles. The standard InChI is InChI=1S/C25H31F3N8O4S/c1-33-6-8-34(9-7-33)15-20(37)29-18-14-17(4-5-19(18)40-25(26,27)28)21(38)30-23-31-32-24(41-23)36-12-10-35(11-13-36)22(39)16-2-3-16/h4-5,14,16H,2-3,6-13,15H2,1H3,(H,29,37)(H,30,31,38). The molecule has 0 atom stereocenters. The largest absolute Gasteiger partial charge is 0.573 e. The first-order valence-corrected chi connectivity index (χ1v) is 14.1. The summed E-state index contributed by atoms with van der Waals surface area (Å²) in [6.45, 7) is 5.21. The van der Waals surface area contributed by atoms with E-state index in [1.807, 2.05) is 21.7 Å². The van der Waals surface area contributed by atoms with Gasteiger partial charge in [0.15, 0.2) is 5.75 Å². The fourth-order valence-corrected chi connectivity index (χ4v) is 5.44. The van der Waals surface area contributed by atoms with Crippen LogP contribution < -0.4 is 20.3 Å². The topological polar surface area (TPSA) is 123 Å². The molecule has 2 aliphatic heterocycles. The maximum atomic E-state index is 13.0. The van der Waals surface area contributed by atoms with E-state index in [1.165, 1.54) is 6.07 Å². The van der Waals surface area contributed by atoms with Gasteiger partial charge in [0.25, 0.3) is 5.91 Å². The van der Waals surface area contributed by atoms with Gasteiger partial charge in [0, 0.05) is 63.8 Å². The summed E-state index contributed by atoms with van der Waals surface area (Å²) in [7, 11) is 1.97. The van der Waals surface area contributed by atoms with E-state index >= 15 is 0 Å². The van der Waals surface area contributed by atoms with E-state index in [9.17, 15) is 27.6 Å². The molecular weight excluding hydrogens is 565 g/mol. The van der Waals surface area contributed by atoms with Crippen molar-refractivity contribution in [2.24, 2.45) is 5.92 Å². The lowest BCUT2D eigenvalue weighted by atomic mass is 10.1. The van der Waals surface area contributed by atoms with Crippen LogP contribution in [0.3, 0.4) is 0 Å². The van der Waals surface area contributed by atoms with Gasteiger partial charge in [0.1, 0.15) is 0 Å². The van der Waals surface area contributed by atoms with Crippen molar-refractivity contribution in [3.05, 3.63) is 23.8 Å². The quantitative estimate of drug-likeness (QED) is 0.471. The number of amides is 3. The number of carbonyl (C=O) groups excluding carboxylic acids is 3. The summed E-state index contributed by atoms with van der Waals surface area (Å²) >= 11 is 1.15. The number of aromatic nitrogens is 2. The minimum absolute atomic E-state index is 0.00151. The van der Waals surface area contributed by atoms with Crippen molar-refractivity contribution < 1.29 is 32.3 Å². The van der Waals surface area contributed by atoms with Crippen molar-refractivity contribution in [3.63, 3.8) is 0 Å². The van der Waals surface area contributed by atoms with Gasteiger partial charge in [-0.3, -0.25) is 24.6 Å². The molecule has 2 N–H and O–H groups in total. The normalized spacial score (nSPS) is 18.7. The number of likely N-dealkylation sites (N-methyl/N-ethyl adjacent to an activating group) is 1. The molecule has 0 spiro atoms. The summed E-state index contributed by atoms with van der Waals surface area (Å²) in [6.07, 6.45) is -3.07. The first-order valence-electron chi connectivity index (χ1n) is 13.3. The van der Waals surface area contributed by atoms with Crippen LogP contribution in [-0.2, 0) is 9.59 Å². The number of anilines is 3. The number of rotatable bonds is 8. The Morgan fingerprint density at radius 2 is 1.71 bits per heavy atom. The second-order valence-electron chi connectivity index (χ2n) is 10.3. The highest BCUT2D eigenvalue weighted by atomic mass is 32.1. The second kappa shape index (κ2) is 12.2. The van der Waals surface area contributed by atoms with Gasteiger partial charge in [-0.2, -0.15) is 0 Å². The van der Waals surface area contributed by atoms with E-state index < -0.39 is 23.9 Å². The Morgan fingerprint density at radius 1 is 1.00 bits per heavy atom. The average Bonchev–Trinajstić information content (AvgIpc) is 3.68. The van der Waals surface area contributed by atoms with E-state index in [4.69, 9.17) is 0 Å². The van der Waals surface area contributed by atoms with Gasteiger partial charge >= 0.3 is 6.36 Å². The van der Waals surface area contributed by atoms with Gasteiger partial charge < -0.3 is 24.8 Å². The lowest BCUT2D eigenvalue weighted by Crippen LogP contribution is -2.49. The molecule has 1 aliphatic carbocycles. The van der Waals surface area contributed by atoms with Crippen LogP contribution in [0.15, 0.2) is 18.2 Å². The predicted octanol–water partition coefficient (Wildman–Crippen LogP) is 1.93. The van der Waals surface area contributed by atoms with Crippen molar-refractivity contribution in [2.75, 3.05) is 81.5 Å². The number of halogens is 3. The molecule has 2 aromatic rings. The third-order valence-corrected chi connectivity index (χ3v) is 8.03. The van der Waals surface area contributed by atoms with E-state index in [0.29, 0.717) is 44.4 Å². The molecule has 5 rings (SSSR count). The van der Waals surface area contributed by atoms with Gasteiger partial charge in [-0.1, -0.05) is 11.3 Å². The van der Waals surface area contributed by atoms with Crippen LogP contribution in [0.25, 0.3) is 0 Å². The number of hydrogen-bond acceptors (Lipinski definition) is 10. The zero-order chi connectivity index (χ0) is 29.1. The average molecular weight is 597 g/mol. The van der Waals surface area contributed by atoms with E-state index in [2.05, 4.69) is 30.5 Å². The molecule has 222 valence electrons. The molecule has 3 aliphatic rings. The van der Waals surface area contributed by atoms with E-state index in [0.717, 1.165) is 49.4 Å². The lowest BCUT2D eigenvalue weighted by molar-refractivity contribution is -0.274. The monoisotopic (exact) mass is 596 g/mol. The Hall–Kier alpha value is -3.50. The van der Waals surface area contributed by atoms with Crippen LogP contribution in [0, 0.1) is 5.92 Å². The summed E-state index contributed by atoms with van der Waals surface area (Å²) in [5.41, 5.74) is -0.274. The minimum Gasteiger partial charge on any atom is -0.404 e. The van der Waals surface area contributed by atoms with Gasteiger partial charge in [-0.15, -0.1) is 23.4 Å². The third-order valence-electron chi connectivity index (χ3n) is 7.13. The van der Waals surface area contributed by atoms with Crippen molar-refractivity contribution in [1.29, 1.82) is 0 Å². The minimum atomic E-state index is -4.99. The Bertz CT molecular complexity index is 1270. The van der Waals surface area contributed by atoms with E-state index in [1.54, 1.807) is 0 Å². The number of carbonyl (C=O) groups is 3. The summed E-state index contributed by atoms with van der Waals surface area (Å²) in [4.78, 5) is 45.8. The zero-order valence-corrected chi connectivity index (χ0v) is 23.3. The lowest BCUT2D eigenvalue weighted by Gasteiger charge is -2.34. The molecule has 0 bridgehead atoms. The van der Waals surface area contributed by atoms with Crippen molar-refractivity contribution in [1.82, 2.24) is 24.9 Å². The highest BCUT2D eigenvalue weighted by Gasteiger charge is 2.35. The second-order valence-corrected chi connectivity index (χ2v) is 11.3. The van der Waals surface area contributed by atoms with Crippen molar-refractivity contribution in [3.8, 4) is 5.75 Å². The number of benzene rings is 1. The van der Waals surface area contributed by atoms with E-state index in [-0.39, 0.29) is 34.8 Å². The summed E-state index contributed by atoms with van der Waals surface area (Å²) < 4.78 is 43.1. The van der Waals surface area contributed by atoms with Crippen molar-refractivity contribution in [2.45, 2.75) is 19.2 Å². The molecule has 0 unspecified atom stereocenters. The highest BCUT2D eigenvalue weighted by molar-refractivity contribution is 7.19. The van der Waals surface area contributed by atoms with Crippen LogP contribution in [-0.4, -0.2) is 115 Å². The maximum absolute atomic E-state index is 13.0. The summed E-state index contributed by atoms with van der Waals surface area (Å²) in [5.74, 6) is -1.41. The molecule has 3 heterocycles. The fraction of sp³-hybridized carbons (Fsp3) is 0.560. The Balaban J connectivity index is 1.21. The molecule has 16 heteroatoms. The molecule has 3 fully saturated rings. The number of alkyl halides is 3. The molecule has 12 nitrogen and oxygen atoms in total. The first kappa shape index (κ1) is 29.0. The number of ether oxygens (including phenoxy) is 1. The van der Waals surface area contributed by atoms with Gasteiger partial charge in [0.05, 0.1) is 12.2 Å². The number of hydrogen-bond donors (Lipinski definition) is 2. The van der Waals surface area contributed by atoms with Gasteiger partial charge in [0.2, 0.25) is 22.1 Å². The first-order chi connectivity index (χ1) is 19.5. The van der Waals surface area contributed by atoms with Crippen LogP contribution >= 0.6 is 11.3 Å². The SMILES string of the molecule is CN1CCN(CC(=O)Nc2cc(C(=O)Nc3nnc(N4CCN(C(=O)C5CC5)CC4)s3)ccc2OC(F)(F)F)CC1. The zero-order valence-electron chi connectivity index (χ0n) is 22.4. The Labute approximate surface area is 238 Å². The highest BCUT2D eigenvalue weighted by Crippen LogP contribution is 2.33. The smallest absolute Gasteiger partial charge is 0.404 e. The van der Waals surface area contributed by atoms with Crippen LogP contribution in [0.1, 0.15) is 23.2 Å².